The van der Waals surface area contributed by atoms with Gasteiger partial charge in [0.05, 0.1) is 0 Å². The van der Waals surface area contributed by atoms with E-state index in [1.165, 1.54) is 12.1 Å². The number of primary amides is 1. The van der Waals surface area contributed by atoms with Crippen LogP contribution in [0.2, 0.25) is 0 Å². The molecular weight excluding hydrogens is 323 g/mol. The molecule has 0 aliphatic heterocycles. The highest BCUT2D eigenvalue weighted by atomic mass is 19.1. The summed E-state index contributed by atoms with van der Waals surface area (Å²) < 4.78 is 18.5. The quantitative estimate of drug-likeness (QED) is 0.749. The van der Waals surface area contributed by atoms with Gasteiger partial charge in [0.15, 0.2) is 5.76 Å². The minimum Gasteiger partial charge on any atom is -0.451 e. The standard InChI is InChI=1S/C19H15FN2O3/c20-15-6-4-13(5-7-15)16-8-9-17(25-16)19(24)22-11-12-2-1-3-14(10-12)18(21)23/h1-10H,11H2,(H2,21,23)(H,22,24). The second-order valence-corrected chi connectivity index (χ2v) is 5.42. The monoisotopic (exact) mass is 338 g/mol. The Hall–Kier alpha value is -3.41. The van der Waals surface area contributed by atoms with E-state index in [-0.39, 0.29) is 18.1 Å². The highest BCUT2D eigenvalue weighted by Gasteiger charge is 2.12. The van der Waals surface area contributed by atoms with Gasteiger partial charge >= 0.3 is 0 Å². The molecule has 2 amide bonds. The Labute approximate surface area is 143 Å². The summed E-state index contributed by atoms with van der Waals surface area (Å²) in [7, 11) is 0. The Balaban J connectivity index is 1.67. The van der Waals surface area contributed by atoms with Crippen LogP contribution < -0.4 is 11.1 Å². The minimum absolute atomic E-state index is 0.144. The maximum Gasteiger partial charge on any atom is 0.287 e. The van der Waals surface area contributed by atoms with Crippen molar-refractivity contribution in [1.82, 2.24) is 5.32 Å². The fourth-order valence-electron chi connectivity index (χ4n) is 2.33. The van der Waals surface area contributed by atoms with Gasteiger partial charge in [-0.15, -0.1) is 0 Å². The van der Waals surface area contributed by atoms with Crippen LogP contribution in [0.4, 0.5) is 4.39 Å². The van der Waals surface area contributed by atoms with Crippen molar-refractivity contribution in [1.29, 1.82) is 0 Å². The SMILES string of the molecule is NC(=O)c1cccc(CNC(=O)c2ccc(-c3ccc(F)cc3)o2)c1. The van der Waals surface area contributed by atoms with Gasteiger partial charge < -0.3 is 15.5 Å². The largest absolute Gasteiger partial charge is 0.451 e. The topological polar surface area (TPSA) is 85.3 Å². The smallest absolute Gasteiger partial charge is 0.287 e. The van der Waals surface area contributed by atoms with Crippen molar-refractivity contribution in [2.45, 2.75) is 6.54 Å². The van der Waals surface area contributed by atoms with Crippen molar-refractivity contribution in [3.63, 3.8) is 0 Å². The van der Waals surface area contributed by atoms with Crippen molar-refractivity contribution in [3.05, 3.63) is 83.4 Å². The van der Waals surface area contributed by atoms with E-state index in [1.54, 1.807) is 48.5 Å². The molecule has 0 saturated carbocycles. The molecule has 5 nitrogen and oxygen atoms in total. The first kappa shape index (κ1) is 16.4. The maximum absolute atomic E-state index is 13.0. The number of hydrogen-bond donors (Lipinski definition) is 2. The number of rotatable bonds is 5. The molecule has 6 heteroatoms. The van der Waals surface area contributed by atoms with Gasteiger partial charge in [-0.25, -0.2) is 4.39 Å². The molecule has 0 radical (unpaired) electrons. The minimum atomic E-state index is -0.525. The van der Waals surface area contributed by atoms with Gasteiger partial charge in [0.25, 0.3) is 5.91 Å². The molecule has 0 fully saturated rings. The lowest BCUT2D eigenvalue weighted by molar-refractivity contribution is 0.0923. The molecule has 0 saturated heterocycles. The molecular formula is C19H15FN2O3. The highest BCUT2D eigenvalue weighted by Crippen LogP contribution is 2.22. The number of carbonyl (C=O) groups is 2. The Bertz CT molecular complexity index is 916. The molecule has 126 valence electrons. The zero-order chi connectivity index (χ0) is 17.8. The van der Waals surface area contributed by atoms with E-state index in [9.17, 15) is 14.0 Å². The van der Waals surface area contributed by atoms with Crippen molar-refractivity contribution in [2.75, 3.05) is 0 Å². The van der Waals surface area contributed by atoms with Crippen LogP contribution in [0.25, 0.3) is 11.3 Å². The molecule has 0 bridgehead atoms. The van der Waals surface area contributed by atoms with Gasteiger partial charge in [0.2, 0.25) is 5.91 Å². The third kappa shape index (κ3) is 3.92. The van der Waals surface area contributed by atoms with Gasteiger partial charge in [-0.3, -0.25) is 9.59 Å². The van der Waals surface area contributed by atoms with Crippen LogP contribution in [0.5, 0.6) is 0 Å². The summed E-state index contributed by atoms with van der Waals surface area (Å²) in [6, 6.07) is 15.7. The first-order chi connectivity index (χ1) is 12.0. The summed E-state index contributed by atoms with van der Waals surface area (Å²) in [5, 5.41) is 2.71. The van der Waals surface area contributed by atoms with Crippen molar-refractivity contribution in [3.8, 4) is 11.3 Å². The first-order valence-electron chi connectivity index (χ1n) is 7.55. The van der Waals surface area contributed by atoms with Crippen molar-refractivity contribution >= 4 is 11.8 Å². The average Bonchev–Trinajstić information content (AvgIpc) is 3.10. The van der Waals surface area contributed by atoms with Crippen LogP contribution in [0.15, 0.2) is 65.1 Å². The predicted octanol–water partition coefficient (Wildman–Crippen LogP) is 3.11. The molecule has 3 aromatic rings. The summed E-state index contributed by atoms with van der Waals surface area (Å²) >= 11 is 0. The number of carbonyl (C=O) groups excluding carboxylic acids is 2. The Morgan fingerprint density at radius 2 is 1.80 bits per heavy atom. The number of hydrogen-bond acceptors (Lipinski definition) is 3. The highest BCUT2D eigenvalue weighted by molar-refractivity contribution is 5.93. The van der Waals surface area contributed by atoms with E-state index in [0.29, 0.717) is 16.9 Å². The molecule has 0 unspecified atom stereocenters. The van der Waals surface area contributed by atoms with E-state index in [1.807, 2.05) is 0 Å². The van der Waals surface area contributed by atoms with Crippen LogP contribution in [-0.2, 0) is 6.54 Å². The van der Waals surface area contributed by atoms with Gasteiger partial charge in [-0.05, 0) is 54.1 Å². The molecule has 1 aromatic heterocycles. The molecule has 0 spiro atoms. The van der Waals surface area contributed by atoms with E-state index >= 15 is 0 Å². The van der Waals surface area contributed by atoms with E-state index < -0.39 is 11.8 Å². The Morgan fingerprint density at radius 3 is 2.52 bits per heavy atom. The van der Waals surface area contributed by atoms with Crippen LogP contribution in [0.1, 0.15) is 26.5 Å². The number of amides is 2. The lowest BCUT2D eigenvalue weighted by Gasteiger charge is -2.05. The van der Waals surface area contributed by atoms with E-state index in [0.717, 1.165) is 5.56 Å². The van der Waals surface area contributed by atoms with E-state index in [4.69, 9.17) is 10.2 Å². The number of nitrogens with one attached hydrogen (secondary N) is 1. The van der Waals surface area contributed by atoms with Gasteiger partial charge in [-0.2, -0.15) is 0 Å². The Morgan fingerprint density at radius 1 is 1.04 bits per heavy atom. The number of benzene rings is 2. The van der Waals surface area contributed by atoms with Crippen LogP contribution in [0.3, 0.4) is 0 Å². The molecule has 2 aromatic carbocycles. The number of nitrogens with two attached hydrogens (primary N) is 1. The molecule has 1 heterocycles. The summed E-state index contributed by atoms with van der Waals surface area (Å²) in [6.07, 6.45) is 0. The summed E-state index contributed by atoms with van der Waals surface area (Å²) in [5.74, 6) is -0.640. The third-order valence-corrected chi connectivity index (χ3v) is 3.62. The van der Waals surface area contributed by atoms with Crippen molar-refractivity contribution in [2.24, 2.45) is 5.73 Å². The molecule has 25 heavy (non-hydrogen) atoms. The van der Waals surface area contributed by atoms with Crippen LogP contribution >= 0.6 is 0 Å². The first-order valence-corrected chi connectivity index (χ1v) is 7.55. The molecule has 0 atom stereocenters. The zero-order valence-corrected chi connectivity index (χ0v) is 13.2. The Kier molecular flexibility index (Phi) is 4.61. The van der Waals surface area contributed by atoms with E-state index in [2.05, 4.69) is 5.32 Å². The molecule has 0 aliphatic rings. The summed E-state index contributed by atoms with van der Waals surface area (Å²) in [6.45, 7) is 0.229. The van der Waals surface area contributed by atoms with Crippen LogP contribution in [-0.4, -0.2) is 11.8 Å². The molecule has 0 aliphatic carbocycles. The fraction of sp³-hybridized carbons (Fsp3) is 0.0526. The molecule has 3 N–H and O–H groups in total. The molecule has 3 rings (SSSR count). The number of halogens is 1. The number of furan rings is 1. The lowest BCUT2D eigenvalue weighted by Crippen LogP contribution is -2.22. The van der Waals surface area contributed by atoms with Gasteiger partial charge in [0.1, 0.15) is 11.6 Å². The third-order valence-electron chi connectivity index (χ3n) is 3.62. The van der Waals surface area contributed by atoms with Gasteiger partial charge in [-0.1, -0.05) is 12.1 Å². The second kappa shape index (κ2) is 7.00. The normalized spacial score (nSPS) is 10.4. The lowest BCUT2D eigenvalue weighted by atomic mass is 10.1. The fourth-order valence-corrected chi connectivity index (χ4v) is 2.33. The zero-order valence-electron chi connectivity index (χ0n) is 13.2. The van der Waals surface area contributed by atoms with Crippen LogP contribution in [0, 0.1) is 5.82 Å². The predicted molar refractivity (Wildman–Crippen MR) is 90.2 cm³/mol. The summed E-state index contributed by atoms with van der Waals surface area (Å²) in [5.41, 5.74) is 7.03. The van der Waals surface area contributed by atoms with Gasteiger partial charge in [0, 0.05) is 17.7 Å². The maximum atomic E-state index is 13.0. The van der Waals surface area contributed by atoms with Crippen molar-refractivity contribution < 1.29 is 18.4 Å². The average molecular weight is 338 g/mol. The second-order valence-electron chi connectivity index (χ2n) is 5.42. The summed E-state index contributed by atoms with van der Waals surface area (Å²) in [4.78, 5) is 23.3.